The van der Waals surface area contributed by atoms with E-state index < -0.39 is 0 Å². The van der Waals surface area contributed by atoms with Crippen LogP contribution in [0.2, 0.25) is 0 Å². The molecule has 1 heterocycles. The summed E-state index contributed by atoms with van der Waals surface area (Å²) in [7, 11) is 0. The molecule has 0 saturated carbocycles. The largest absolute Gasteiger partial charge is 0.339 e. The van der Waals surface area contributed by atoms with Crippen molar-refractivity contribution in [3.63, 3.8) is 0 Å². The quantitative estimate of drug-likeness (QED) is 0.755. The van der Waals surface area contributed by atoms with Crippen LogP contribution in [0.5, 0.6) is 0 Å². The van der Waals surface area contributed by atoms with E-state index >= 15 is 0 Å². The first kappa shape index (κ1) is 14.5. The third kappa shape index (κ3) is 3.35. The molecule has 1 aliphatic heterocycles. The van der Waals surface area contributed by atoms with Gasteiger partial charge in [0.1, 0.15) is 5.82 Å². The van der Waals surface area contributed by atoms with Crippen molar-refractivity contribution in [1.29, 1.82) is 0 Å². The van der Waals surface area contributed by atoms with Crippen molar-refractivity contribution in [3.8, 4) is 0 Å². The summed E-state index contributed by atoms with van der Waals surface area (Å²) < 4.78 is 13.8. The van der Waals surface area contributed by atoms with E-state index in [4.69, 9.17) is 0 Å². The van der Waals surface area contributed by atoms with Crippen LogP contribution in [-0.4, -0.2) is 23.9 Å². The van der Waals surface area contributed by atoms with E-state index in [0.29, 0.717) is 5.56 Å². The predicted molar refractivity (Wildman–Crippen MR) is 77.6 cm³/mol. The van der Waals surface area contributed by atoms with Gasteiger partial charge in [-0.1, -0.05) is 19.9 Å². The molecule has 1 amide bonds. The van der Waals surface area contributed by atoms with Crippen LogP contribution in [0.1, 0.15) is 43.5 Å². The molecule has 0 N–H and O–H groups in total. The zero-order chi connectivity index (χ0) is 14.0. The number of carbonyl (C=O) groups is 1. The average Bonchev–Trinajstić information content (AvgIpc) is 2.53. The van der Waals surface area contributed by atoms with Crippen LogP contribution in [-0.2, 0) is 0 Å². The Balaban J connectivity index is 2.18. The highest BCUT2D eigenvalue weighted by Gasteiger charge is 2.27. The molecule has 1 aliphatic rings. The maximum atomic E-state index is 13.5. The molecule has 1 aromatic carbocycles. The maximum Gasteiger partial charge on any atom is 0.255 e. The Kier molecular flexibility index (Phi) is 4.29. The van der Waals surface area contributed by atoms with Crippen LogP contribution in [0, 0.1) is 11.2 Å². The number of hydrogen-bond donors (Lipinski definition) is 0. The molecular formula is C15H19BrFNO. The van der Waals surface area contributed by atoms with Gasteiger partial charge >= 0.3 is 0 Å². The fraction of sp³-hybridized carbons (Fsp3) is 0.533. The highest BCUT2D eigenvalue weighted by Crippen LogP contribution is 2.31. The van der Waals surface area contributed by atoms with E-state index in [-0.39, 0.29) is 21.6 Å². The highest BCUT2D eigenvalue weighted by atomic mass is 79.9. The number of carbonyl (C=O) groups excluding carboxylic acids is 1. The third-order valence-electron chi connectivity index (χ3n) is 3.81. The van der Waals surface area contributed by atoms with Crippen molar-refractivity contribution >= 4 is 21.8 Å². The summed E-state index contributed by atoms with van der Waals surface area (Å²) in [6.07, 6.45) is 3.12. The van der Waals surface area contributed by atoms with Crippen molar-refractivity contribution in [2.24, 2.45) is 5.41 Å². The maximum absolute atomic E-state index is 13.5. The Morgan fingerprint density at radius 3 is 2.79 bits per heavy atom. The van der Waals surface area contributed by atoms with Gasteiger partial charge in [-0.15, -0.1) is 0 Å². The molecule has 0 radical (unpaired) electrons. The van der Waals surface area contributed by atoms with Gasteiger partial charge < -0.3 is 4.90 Å². The van der Waals surface area contributed by atoms with E-state index in [0.717, 1.165) is 32.4 Å². The smallest absolute Gasteiger partial charge is 0.255 e. The molecule has 1 aromatic rings. The van der Waals surface area contributed by atoms with Crippen molar-refractivity contribution in [2.75, 3.05) is 13.1 Å². The van der Waals surface area contributed by atoms with E-state index in [1.807, 2.05) is 4.90 Å². The van der Waals surface area contributed by atoms with E-state index in [2.05, 4.69) is 29.8 Å². The van der Waals surface area contributed by atoms with Gasteiger partial charge in [0.15, 0.2) is 0 Å². The Hall–Kier alpha value is -0.900. The molecule has 0 bridgehead atoms. The average molecular weight is 328 g/mol. The second-order valence-electron chi connectivity index (χ2n) is 5.91. The van der Waals surface area contributed by atoms with Gasteiger partial charge in [-0.2, -0.15) is 0 Å². The van der Waals surface area contributed by atoms with Gasteiger partial charge in [0.2, 0.25) is 0 Å². The standard InChI is InChI=1S/C15H19BrFNO/c1-15(2)7-4-9-18(10-8-15)14(19)11-5-3-6-12(17)13(11)16/h3,5-6H,4,7-10H2,1-2H3. The third-order valence-corrected chi connectivity index (χ3v) is 4.62. The summed E-state index contributed by atoms with van der Waals surface area (Å²) in [5.41, 5.74) is 0.702. The minimum Gasteiger partial charge on any atom is -0.339 e. The summed E-state index contributed by atoms with van der Waals surface area (Å²) in [5.74, 6) is -0.468. The van der Waals surface area contributed by atoms with Crippen molar-refractivity contribution in [2.45, 2.75) is 33.1 Å². The lowest BCUT2D eigenvalue weighted by molar-refractivity contribution is 0.0756. The van der Waals surface area contributed by atoms with Gasteiger partial charge in [-0.3, -0.25) is 4.79 Å². The molecule has 1 fully saturated rings. The molecule has 0 aliphatic carbocycles. The zero-order valence-electron chi connectivity index (χ0n) is 11.4. The monoisotopic (exact) mass is 327 g/mol. The molecule has 19 heavy (non-hydrogen) atoms. The molecule has 0 atom stereocenters. The molecule has 0 aromatic heterocycles. The summed E-state index contributed by atoms with van der Waals surface area (Å²) in [5, 5.41) is 0. The molecular weight excluding hydrogens is 309 g/mol. The van der Waals surface area contributed by atoms with Gasteiger partial charge in [0, 0.05) is 13.1 Å². The van der Waals surface area contributed by atoms with E-state index in [1.54, 1.807) is 12.1 Å². The summed E-state index contributed by atoms with van der Waals surface area (Å²) >= 11 is 3.17. The van der Waals surface area contributed by atoms with Crippen LogP contribution >= 0.6 is 15.9 Å². The predicted octanol–water partition coefficient (Wildman–Crippen LogP) is 4.24. The molecule has 0 spiro atoms. The number of rotatable bonds is 1. The Morgan fingerprint density at radius 2 is 2.05 bits per heavy atom. The minimum atomic E-state index is -0.388. The Labute approximate surface area is 122 Å². The van der Waals surface area contributed by atoms with Gasteiger partial charge in [0.05, 0.1) is 10.0 Å². The van der Waals surface area contributed by atoms with Gasteiger partial charge in [-0.05, 0) is 52.7 Å². The van der Waals surface area contributed by atoms with Crippen molar-refractivity contribution < 1.29 is 9.18 Å². The van der Waals surface area contributed by atoms with Crippen LogP contribution in [0.25, 0.3) is 0 Å². The topological polar surface area (TPSA) is 20.3 Å². The number of nitrogens with zero attached hydrogens (tertiary/aromatic N) is 1. The lowest BCUT2D eigenvalue weighted by atomic mass is 9.85. The summed E-state index contributed by atoms with van der Waals surface area (Å²) in [6.45, 7) is 5.97. The molecule has 4 heteroatoms. The molecule has 104 valence electrons. The van der Waals surface area contributed by atoms with Gasteiger partial charge in [0.25, 0.3) is 5.91 Å². The summed E-state index contributed by atoms with van der Waals surface area (Å²) in [6, 6.07) is 4.60. The fourth-order valence-corrected chi connectivity index (χ4v) is 2.90. The van der Waals surface area contributed by atoms with Crippen molar-refractivity contribution in [1.82, 2.24) is 4.90 Å². The van der Waals surface area contributed by atoms with E-state index in [9.17, 15) is 9.18 Å². The van der Waals surface area contributed by atoms with Gasteiger partial charge in [-0.25, -0.2) is 4.39 Å². The fourth-order valence-electron chi connectivity index (χ4n) is 2.47. The number of hydrogen-bond acceptors (Lipinski definition) is 1. The van der Waals surface area contributed by atoms with E-state index in [1.165, 1.54) is 6.07 Å². The van der Waals surface area contributed by atoms with Crippen LogP contribution in [0.4, 0.5) is 4.39 Å². The normalized spacial score (nSPS) is 19.1. The van der Waals surface area contributed by atoms with Crippen LogP contribution < -0.4 is 0 Å². The molecule has 2 nitrogen and oxygen atoms in total. The number of benzene rings is 1. The number of halogens is 2. The highest BCUT2D eigenvalue weighted by molar-refractivity contribution is 9.10. The molecule has 1 saturated heterocycles. The van der Waals surface area contributed by atoms with Crippen LogP contribution in [0.3, 0.4) is 0 Å². The second-order valence-corrected chi connectivity index (χ2v) is 6.70. The lowest BCUT2D eigenvalue weighted by Crippen LogP contribution is -2.32. The Morgan fingerprint density at radius 1 is 1.32 bits per heavy atom. The van der Waals surface area contributed by atoms with Crippen molar-refractivity contribution in [3.05, 3.63) is 34.1 Å². The van der Waals surface area contributed by atoms with Crippen LogP contribution in [0.15, 0.2) is 22.7 Å². The summed E-state index contributed by atoms with van der Waals surface area (Å²) in [4.78, 5) is 14.3. The number of amides is 1. The first-order valence-electron chi connectivity index (χ1n) is 6.64. The number of likely N-dealkylation sites (tertiary alicyclic amines) is 1. The molecule has 0 unspecified atom stereocenters. The zero-order valence-corrected chi connectivity index (χ0v) is 13.0. The SMILES string of the molecule is CC1(C)CCCN(C(=O)c2cccc(F)c2Br)CC1. The Bertz CT molecular complexity index is 487. The molecule has 2 rings (SSSR count). The minimum absolute atomic E-state index is 0.0796. The lowest BCUT2D eigenvalue weighted by Gasteiger charge is -2.23. The first-order valence-corrected chi connectivity index (χ1v) is 7.43. The first-order chi connectivity index (χ1) is 8.91. The second kappa shape index (κ2) is 5.61.